The lowest BCUT2D eigenvalue weighted by molar-refractivity contribution is 0.669. The zero-order valence-electron chi connectivity index (χ0n) is 26.2. The molecule has 0 spiro atoms. The molecule has 0 radical (unpaired) electrons. The van der Waals surface area contributed by atoms with Gasteiger partial charge in [0.2, 0.25) is 0 Å². The first kappa shape index (κ1) is 27.9. The molecule has 6 aromatic carbocycles. The Bertz CT molecular complexity index is 2550. The minimum absolute atomic E-state index is 0.625. The fourth-order valence-corrected chi connectivity index (χ4v) is 6.57. The topological polar surface area (TPSA) is 69.6 Å². The van der Waals surface area contributed by atoms with Gasteiger partial charge in [-0.3, -0.25) is 0 Å². The number of para-hydroxylation sites is 2. The fourth-order valence-electron chi connectivity index (χ4n) is 6.57. The largest absolute Gasteiger partial charge is 0.456 e. The van der Waals surface area contributed by atoms with E-state index >= 15 is 0 Å². The number of hydrogen-bond acceptors (Lipinski definition) is 5. The van der Waals surface area contributed by atoms with E-state index in [1.54, 1.807) is 0 Å². The Morgan fingerprint density at radius 3 is 1.83 bits per heavy atom. The third kappa shape index (κ3) is 4.74. The van der Waals surface area contributed by atoms with Crippen molar-refractivity contribution in [3.63, 3.8) is 0 Å². The SMILES string of the molecule is CCn1c(-c2cccc3oc4ccc(-c5cccc(-c6nc(-c7ccccc7)nc(-c7ccccc7)n6)c5)cc4c23)nc2ccccc21. The van der Waals surface area contributed by atoms with E-state index in [1.165, 1.54) is 0 Å². The molecule has 0 bridgehead atoms. The Labute approximate surface area is 277 Å². The monoisotopic (exact) mass is 619 g/mol. The summed E-state index contributed by atoms with van der Waals surface area (Å²) >= 11 is 0. The summed E-state index contributed by atoms with van der Waals surface area (Å²) in [5.41, 5.74) is 9.79. The summed E-state index contributed by atoms with van der Waals surface area (Å²) in [5, 5.41) is 2.11. The molecule has 0 N–H and O–H groups in total. The number of imidazole rings is 1. The van der Waals surface area contributed by atoms with Gasteiger partial charge >= 0.3 is 0 Å². The second-order valence-electron chi connectivity index (χ2n) is 11.8. The quantitative estimate of drug-likeness (QED) is 0.185. The van der Waals surface area contributed by atoms with Crippen molar-refractivity contribution >= 4 is 33.0 Å². The number of nitrogens with zero attached hydrogens (tertiary/aromatic N) is 5. The molecule has 0 saturated heterocycles. The minimum atomic E-state index is 0.625. The van der Waals surface area contributed by atoms with E-state index in [0.29, 0.717) is 17.5 Å². The highest BCUT2D eigenvalue weighted by molar-refractivity contribution is 6.13. The van der Waals surface area contributed by atoms with Gasteiger partial charge in [0.25, 0.3) is 0 Å². The van der Waals surface area contributed by atoms with Crippen LogP contribution in [0.4, 0.5) is 0 Å². The van der Waals surface area contributed by atoms with Crippen molar-refractivity contribution in [2.45, 2.75) is 13.5 Å². The van der Waals surface area contributed by atoms with E-state index in [1.807, 2.05) is 78.9 Å². The van der Waals surface area contributed by atoms with Crippen molar-refractivity contribution < 1.29 is 4.42 Å². The molecule has 0 aliphatic carbocycles. The van der Waals surface area contributed by atoms with Crippen LogP contribution in [0.3, 0.4) is 0 Å². The van der Waals surface area contributed by atoms with Crippen LogP contribution in [0, 0.1) is 0 Å². The smallest absolute Gasteiger partial charge is 0.164 e. The molecule has 0 aliphatic heterocycles. The number of benzene rings is 6. The van der Waals surface area contributed by atoms with Gasteiger partial charge < -0.3 is 8.98 Å². The Morgan fingerprint density at radius 1 is 0.500 bits per heavy atom. The van der Waals surface area contributed by atoms with Crippen LogP contribution in [0.2, 0.25) is 0 Å². The fraction of sp³-hybridized carbons (Fsp3) is 0.0476. The van der Waals surface area contributed by atoms with Crippen molar-refractivity contribution in [1.82, 2.24) is 24.5 Å². The van der Waals surface area contributed by atoms with Crippen LogP contribution in [0.5, 0.6) is 0 Å². The molecule has 0 unspecified atom stereocenters. The number of furan rings is 1. The number of aryl methyl sites for hydroxylation is 1. The Hall–Kier alpha value is -6.40. The van der Waals surface area contributed by atoms with Crippen LogP contribution in [0.25, 0.3) is 89.7 Å². The van der Waals surface area contributed by atoms with Crippen LogP contribution in [-0.2, 0) is 6.54 Å². The van der Waals surface area contributed by atoms with Gasteiger partial charge in [-0.15, -0.1) is 0 Å². The molecule has 3 heterocycles. The first-order valence-electron chi connectivity index (χ1n) is 16.1. The number of fused-ring (bicyclic) bond motifs is 4. The summed E-state index contributed by atoms with van der Waals surface area (Å²) in [7, 11) is 0. The van der Waals surface area contributed by atoms with E-state index in [9.17, 15) is 0 Å². The summed E-state index contributed by atoms with van der Waals surface area (Å²) < 4.78 is 8.67. The number of hydrogen-bond donors (Lipinski definition) is 0. The van der Waals surface area contributed by atoms with Crippen molar-refractivity contribution in [2.24, 2.45) is 0 Å². The maximum Gasteiger partial charge on any atom is 0.164 e. The molecule has 9 rings (SSSR count). The average molecular weight is 620 g/mol. The number of aromatic nitrogens is 5. The molecular weight excluding hydrogens is 590 g/mol. The van der Waals surface area contributed by atoms with Crippen molar-refractivity contribution in [2.75, 3.05) is 0 Å². The van der Waals surface area contributed by atoms with E-state index in [4.69, 9.17) is 24.4 Å². The second kappa shape index (κ2) is 11.4. The summed E-state index contributed by atoms with van der Waals surface area (Å²) in [4.78, 5) is 19.8. The van der Waals surface area contributed by atoms with Crippen molar-refractivity contribution in [3.05, 3.63) is 146 Å². The highest BCUT2D eigenvalue weighted by Crippen LogP contribution is 2.39. The lowest BCUT2D eigenvalue weighted by atomic mass is 9.99. The molecule has 3 aromatic heterocycles. The summed E-state index contributed by atoms with van der Waals surface area (Å²) in [6.07, 6.45) is 0. The maximum atomic E-state index is 6.39. The molecule has 6 heteroatoms. The predicted octanol–water partition coefficient (Wildman–Crippen LogP) is 10.5. The Morgan fingerprint density at radius 2 is 1.10 bits per heavy atom. The van der Waals surface area contributed by atoms with Crippen LogP contribution in [-0.4, -0.2) is 24.5 Å². The summed E-state index contributed by atoms with van der Waals surface area (Å²) in [6.45, 7) is 2.98. The van der Waals surface area contributed by atoms with Gasteiger partial charge in [0.15, 0.2) is 17.5 Å². The lowest BCUT2D eigenvalue weighted by Crippen LogP contribution is -2.00. The van der Waals surface area contributed by atoms with Gasteiger partial charge in [0.1, 0.15) is 17.0 Å². The van der Waals surface area contributed by atoms with E-state index in [0.717, 1.165) is 78.7 Å². The highest BCUT2D eigenvalue weighted by atomic mass is 16.3. The molecule has 0 saturated carbocycles. The summed E-state index contributed by atoms with van der Waals surface area (Å²) in [5.74, 6) is 2.85. The van der Waals surface area contributed by atoms with Crippen molar-refractivity contribution in [3.8, 4) is 56.7 Å². The summed E-state index contributed by atoms with van der Waals surface area (Å²) in [6, 6.07) is 49.4. The predicted molar refractivity (Wildman–Crippen MR) is 193 cm³/mol. The molecular formula is C42H29N5O. The van der Waals surface area contributed by atoms with Gasteiger partial charge in [-0.05, 0) is 54.4 Å². The van der Waals surface area contributed by atoms with Gasteiger partial charge in [-0.2, -0.15) is 0 Å². The molecule has 0 amide bonds. The lowest BCUT2D eigenvalue weighted by Gasteiger charge is -2.10. The normalized spacial score (nSPS) is 11.5. The molecule has 9 aromatic rings. The van der Waals surface area contributed by atoms with Crippen LogP contribution < -0.4 is 0 Å². The van der Waals surface area contributed by atoms with Gasteiger partial charge in [-0.1, -0.05) is 109 Å². The maximum absolute atomic E-state index is 6.39. The molecule has 0 atom stereocenters. The van der Waals surface area contributed by atoms with E-state index < -0.39 is 0 Å². The van der Waals surface area contributed by atoms with Crippen LogP contribution in [0.1, 0.15) is 6.92 Å². The molecule has 228 valence electrons. The van der Waals surface area contributed by atoms with Crippen LogP contribution >= 0.6 is 0 Å². The van der Waals surface area contributed by atoms with Gasteiger partial charge in [-0.25, -0.2) is 19.9 Å². The molecule has 6 nitrogen and oxygen atoms in total. The van der Waals surface area contributed by atoms with Gasteiger partial charge in [0, 0.05) is 39.6 Å². The zero-order chi connectivity index (χ0) is 32.0. The third-order valence-electron chi connectivity index (χ3n) is 8.86. The standard InChI is InChI=1S/C42H29N5O/c1-2-47-35-21-10-9-20-34(35)43-42(47)32-19-12-22-37-38(32)33-26-30(23-24-36(33)48-37)29-17-11-18-31(25-29)41-45-39(27-13-5-3-6-14-27)44-40(46-41)28-15-7-4-8-16-28/h3-26H,2H2,1H3. The van der Waals surface area contributed by atoms with Crippen LogP contribution in [0.15, 0.2) is 150 Å². The molecule has 0 fully saturated rings. The first-order chi connectivity index (χ1) is 23.7. The third-order valence-corrected chi connectivity index (χ3v) is 8.86. The molecule has 0 aliphatic rings. The second-order valence-corrected chi connectivity index (χ2v) is 11.8. The Kier molecular flexibility index (Phi) is 6.64. The van der Waals surface area contributed by atoms with E-state index in [2.05, 4.69) is 78.2 Å². The van der Waals surface area contributed by atoms with Crippen molar-refractivity contribution in [1.29, 1.82) is 0 Å². The Balaban J connectivity index is 1.18. The zero-order valence-corrected chi connectivity index (χ0v) is 26.2. The average Bonchev–Trinajstić information content (AvgIpc) is 3.73. The first-order valence-corrected chi connectivity index (χ1v) is 16.1. The number of rotatable bonds is 6. The molecule has 48 heavy (non-hydrogen) atoms. The van der Waals surface area contributed by atoms with Gasteiger partial charge in [0.05, 0.1) is 11.0 Å². The highest BCUT2D eigenvalue weighted by Gasteiger charge is 2.19. The minimum Gasteiger partial charge on any atom is -0.456 e. The van der Waals surface area contributed by atoms with E-state index in [-0.39, 0.29) is 0 Å².